The van der Waals surface area contributed by atoms with Crippen LogP contribution >= 0.6 is 0 Å². The van der Waals surface area contributed by atoms with E-state index in [2.05, 4.69) is 6.92 Å². The summed E-state index contributed by atoms with van der Waals surface area (Å²) in [5.41, 5.74) is 0.854. The monoisotopic (exact) mass is 175 g/mol. The van der Waals surface area contributed by atoms with Gasteiger partial charge in [-0.15, -0.1) is 0 Å². The summed E-state index contributed by atoms with van der Waals surface area (Å²) in [7, 11) is 0. The van der Waals surface area contributed by atoms with Gasteiger partial charge in [0.2, 0.25) is 0 Å². The number of para-hydroxylation sites is 1. The van der Waals surface area contributed by atoms with Crippen molar-refractivity contribution >= 4 is 12.0 Å². The molecule has 1 rings (SSSR count). The molecular weight excluding hydrogens is 164 g/mol. The Labute approximate surface area is 77.8 Å². The highest BCUT2D eigenvalue weighted by atomic mass is 16.5. The standard InChI is InChI=1S/C11H11O2/c1-3-6-10-7-4-5-8-11(10)13-9(2)12/h3-8H,1H2,2H3/b6-3+. The molecule has 2 nitrogen and oxygen atoms in total. The van der Waals surface area contributed by atoms with Crippen LogP contribution in [0.3, 0.4) is 0 Å². The molecule has 13 heavy (non-hydrogen) atoms. The number of rotatable bonds is 2. The van der Waals surface area contributed by atoms with Gasteiger partial charge in [-0.2, -0.15) is 0 Å². The summed E-state index contributed by atoms with van der Waals surface area (Å²) in [5, 5.41) is 0. The summed E-state index contributed by atoms with van der Waals surface area (Å²) in [4.78, 5) is 10.7. The van der Waals surface area contributed by atoms with E-state index in [0.717, 1.165) is 5.56 Å². The fourth-order valence-corrected chi connectivity index (χ4v) is 0.993. The Hall–Kier alpha value is -1.57. The molecule has 0 N–H and O–H groups in total. The molecule has 67 valence electrons. The van der Waals surface area contributed by atoms with Crippen molar-refractivity contribution in [3.63, 3.8) is 0 Å². The molecule has 0 aliphatic rings. The minimum atomic E-state index is -0.315. The van der Waals surface area contributed by atoms with Gasteiger partial charge in [0.1, 0.15) is 5.75 Å². The SMILES string of the molecule is [CH2]/C=C/c1ccccc1OC(C)=O. The lowest BCUT2D eigenvalue weighted by Crippen LogP contribution is -2.02. The molecule has 0 aliphatic carbocycles. The highest BCUT2D eigenvalue weighted by molar-refractivity contribution is 5.71. The van der Waals surface area contributed by atoms with Gasteiger partial charge in [-0.1, -0.05) is 30.4 Å². The van der Waals surface area contributed by atoms with Crippen LogP contribution in [0.15, 0.2) is 30.3 Å². The van der Waals surface area contributed by atoms with Gasteiger partial charge in [-0.3, -0.25) is 4.79 Å². The third-order valence-electron chi connectivity index (χ3n) is 1.47. The Balaban J connectivity index is 2.97. The second-order valence-electron chi connectivity index (χ2n) is 2.53. The first-order valence-electron chi connectivity index (χ1n) is 3.97. The largest absolute Gasteiger partial charge is 0.426 e. The van der Waals surface area contributed by atoms with Crippen LogP contribution in [0, 0.1) is 6.92 Å². The van der Waals surface area contributed by atoms with Gasteiger partial charge in [-0.05, 0) is 13.0 Å². The van der Waals surface area contributed by atoms with Gasteiger partial charge in [0.25, 0.3) is 0 Å². The summed E-state index contributed by atoms with van der Waals surface area (Å²) >= 11 is 0. The minimum absolute atomic E-state index is 0.315. The molecule has 0 bridgehead atoms. The number of carbonyl (C=O) groups excluding carboxylic acids is 1. The molecule has 0 aromatic heterocycles. The fourth-order valence-electron chi connectivity index (χ4n) is 0.993. The normalized spacial score (nSPS) is 10.3. The lowest BCUT2D eigenvalue weighted by atomic mass is 10.2. The van der Waals surface area contributed by atoms with Gasteiger partial charge >= 0.3 is 5.97 Å². The number of hydrogen-bond donors (Lipinski definition) is 0. The maximum atomic E-state index is 10.7. The third kappa shape index (κ3) is 2.75. The predicted octanol–water partition coefficient (Wildman–Crippen LogP) is 2.46. The number of ether oxygens (including phenoxy) is 1. The molecule has 0 fully saturated rings. The molecule has 0 unspecified atom stereocenters. The molecule has 0 saturated carbocycles. The molecule has 0 amide bonds. The predicted molar refractivity (Wildman–Crippen MR) is 52.1 cm³/mol. The molecule has 0 spiro atoms. The van der Waals surface area contributed by atoms with E-state index in [1.807, 2.05) is 18.2 Å². The Morgan fingerprint density at radius 1 is 1.46 bits per heavy atom. The van der Waals surface area contributed by atoms with Crippen molar-refractivity contribution in [3.05, 3.63) is 42.8 Å². The van der Waals surface area contributed by atoms with Gasteiger partial charge in [0.15, 0.2) is 0 Å². The quantitative estimate of drug-likeness (QED) is 0.509. The second kappa shape index (κ2) is 4.45. The van der Waals surface area contributed by atoms with Gasteiger partial charge in [-0.25, -0.2) is 0 Å². The summed E-state index contributed by atoms with van der Waals surface area (Å²) in [6.45, 7) is 4.96. The lowest BCUT2D eigenvalue weighted by Gasteiger charge is -2.03. The first-order valence-corrected chi connectivity index (χ1v) is 3.97. The van der Waals surface area contributed by atoms with Crippen LogP contribution in [0.1, 0.15) is 12.5 Å². The minimum Gasteiger partial charge on any atom is -0.426 e. The summed E-state index contributed by atoms with van der Waals surface area (Å²) in [6, 6.07) is 7.30. The van der Waals surface area contributed by atoms with Crippen LogP contribution in [-0.2, 0) is 4.79 Å². The molecule has 1 aromatic rings. The summed E-state index contributed by atoms with van der Waals surface area (Å²) < 4.78 is 4.98. The molecule has 0 heterocycles. The van der Waals surface area contributed by atoms with Gasteiger partial charge in [0, 0.05) is 12.5 Å². The molecule has 0 saturated heterocycles. The van der Waals surface area contributed by atoms with Crippen LogP contribution < -0.4 is 4.74 Å². The molecule has 1 aromatic carbocycles. The van der Waals surface area contributed by atoms with E-state index in [0.29, 0.717) is 5.75 Å². The Morgan fingerprint density at radius 3 is 2.77 bits per heavy atom. The van der Waals surface area contributed by atoms with E-state index in [1.54, 1.807) is 18.2 Å². The van der Waals surface area contributed by atoms with Crippen LogP contribution in [-0.4, -0.2) is 5.97 Å². The van der Waals surface area contributed by atoms with E-state index >= 15 is 0 Å². The van der Waals surface area contributed by atoms with E-state index in [4.69, 9.17) is 4.74 Å². The van der Waals surface area contributed by atoms with Crippen molar-refractivity contribution in [2.45, 2.75) is 6.92 Å². The van der Waals surface area contributed by atoms with Crippen molar-refractivity contribution in [3.8, 4) is 5.75 Å². The average molecular weight is 175 g/mol. The zero-order valence-electron chi connectivity index (χ0n) is 7.49. The van der Waals surface area contributed by atoms with Crippen LogP contribution in [0.5, 0.6) is 5.75 Å². The van der Waals surface area contributed by atoms with Crippen molar-refractivity contribution < 1.29 is 9.53 Å². The maximum Gasteiger partial charge on any atom is 0.308 e. The number of benzene rings is 1. The fraction of sp³-hybridized carbons (Fsp3) is 0.0909. The second-order valence-corrected chi connectivity index (χ2v) is 2.53. The van der Waals surface area contributed by atoms with E-state index in [9.17, 15) is 4.79 Å². The average Bonchev–Trinajstić information content (AvgIpc) is 2.08. The van der Waals surface area contributed by atoms with Crippen molar-refractivity contribution in [1.29, 1.82) is 0 Å². The molecule has 0 aliphatic heterocycles. The third-order valence-corrected chi connectivity index (χ3v) is 1.47. The molecular formula is C11H11O2. The maximum absolute atomic E-state index is 10.7. The van der Waals surface area contributed by atoms with Gasteiger partial charge in [0.05, 0.1) is 0 Å². The van der Waals surface area contributed by atoms with E-state index in [1.165, 1.54) is 6.92 Å². The first-order chi connectivity index (χ1) is 6.24. The number of carbonyl (C=O) groups is 1. The summed E-state index contributed by atoms with van der Waals surface area (Å²) in [5.74, 6) is 0.250. The van der Waals surface area contributed by atoms with Crippen molar-refractivity contribution in [2.24, 2.45) is 0 Å². The van der Waals surface area contributed by atoms with Gasteiger partial charge < -0.3 is 4.74 Å². The van der Waals surface area contributed by atoms with Crippen LogP contribution in [0.2, 0.25) is 0 Å². The topological polar surface area (TPSA) is 26.3 Å². The number of allylic oxidation sites excluding steroid dienone is 1. The molecule has 2 heteroatoms. The van der Waals surface area contributed by atoms with Crippen LogP contribution in [0.25, 0.3) is 6.08 Å². The number of esters is 1. The molecule has 1 radical (unpaired) electrons. The highest BCUT2D eigenvalue weighted by Gasteiger charge is 2.01. The van der Waals surface area contributed by atoms with E-state index in [-0.39, 0.29) is 5.97 Å². The molecule has 0 atom stereocenters. The Morgan fingerprint density at radius 2 is 2.15 bits per heavy atom. The highest BCUT2D eigenvalue weighted by Crippen LogP contribution is 2.19. The zero-order valence-corrected chi connectivity index (χ0v) is 7.49. The smallest absolute Gasteiger partial charge is 0.308 e. The summed E-state index contributed by atoms with van der Waals surface area (Å²) in [6.07, 6.45) is 3.45. The van der Waals surface area contributed by atoms with Crippen molar-refractivity contribution in [2.75, 3.05) is 0 Å². The van der Waals surface area contributed by atoms with E-state index < -0.39 is 0 Å². The Kier molecular flexibility index (Phi) is 3.26. The first kappa shape index (κ1) is 9.52. The lowest BCUT2D eigenvalue weighted by molar-refractivity contribution is -0.131. The number of hydrogen-bond acceptors (Lipinski definition) is 2. The zero-order chi connectivity index (χ0) is 9.68. The Bertz CT molecular complexity index is 327. The van der Waals surface area contributed by atoms with Crippen LogP contribution in [0.4, 0.5) is 0 Å². The van der Waals surface area contributed by atoms with Crippen molar-refractivity contribution in [1.82, 2.24) is 0 Å².